The van der Waals surface area contributed by atoms with Crippen LogP contribution in [0.1, 0.15) is 12.0 Å². The number of hydrogen-bond acceptors (Lipinski definition) is 4. The van der Waals surface area contributed by atoms with Gasteiger partial charge in [0.05, 0.1) is 11.6 Å². The number of nitrogens with one attached hydrogen (secondary N) is 1. The average molecular weight is 223 g/mol. The summed E-state index contributed by atoms with van der Waals surface area (Å²) in [6, 6.07) is 5.40. The minimum atomic E-state index is -0.742. The molecule has 4 nitrogen and oxygen atoms in total. The summed E-state index contributed by atoms with van der Waals surface area (Å²) in [5, 5.41) is 11.7. The quantitative estimate of drug-likeness (QED) is 0.760. The van der Waals surface area contributed by atoms with Gasteiger partial charge in [-0.25, -0.2) is 4.98 Å². The molecular formula is C10H13N3OS. The number of nitriles is 1. The third-order valence-electron chi connectivity index (χ3n) is 1.80. The molecule has 0 bridgehead atoms. The number of rotatable bonds is 5. The number of pyridine rings is 1. The van der Waals surface area contributed by atoms with E-state index in [9.17, 15) is 4.21 Å². The molecule has 0 saturated heterocycles. The topological polar surface area (TPSA) is 65.8 Å². The van der Waals surface area contributed by atoms with Crippen LogP contribution >= 0.6 is 0 Å². The predicted octanol–water partition coefficient (Wildman–Crippen LogP) is 1.13. The highest BCUT2D eigenvalue weighted by molar-refractivity contribution is 7.84. The summed E-state index contributed by atoms with van der Waals surface area (Å²) in [6.07, 6.45) is 4.12. The van der Waals surface area contributed by atoms with Crippen LogP contribution in [0.4, 0.5) is 5.82 Å². The highest BCUT2D eigenvalue weighted by Gasteiger charge is 1.96. The van der Waals surface area contributed by atoms with E-state index in [4.69, 9.17) is 5.26 Å². The van der Waals surface area contributed by atoms with E-state index in [1.54, 1.807) is 24.6 Å². The zero-order chi connectivity index (χ0) is 11.1. The molecule has 15 heavy (non-hydrogen) atoms. The fraction of sp³-hybridized carbons (Fsp3) is 0.400. The first kappa shape index (κ1) is 11.7. The van der Waals surface area contributed by atoms with E-state index in [2.05, 4.69) is 10.3 Å². The van der Waals surface area contributed by atoms with E-state index in [-0.39, 0.29) is 0 Å². The molecule has 0 aliphatic heterocycles. The number of aromatic nitrogens is 1. The molecule has 0 aliphatic rings. The maximum Gasteiger partial charge on any atom is 0.127 e. The van der Waals surface area contributed by atoms with E-state index in [1.807, 2.05) is 6.07 Å². The first-order valence-electron chi connectivity index (χ1n) is 4.62. The lowest BCUT2D eigenvalue weighted by atomic mass is 10.3. The normalized spacial score (nSPS) is 11.7. The monoisotopic (exact) mass is 223 g/mol. The second-order valence-corrected chi connectivity index (χ2v) is 4.65. The van der Waals surface area contributed by atoms with Crippen molar-refractivity contribution in [1.82, 2.24) is 4.98 Å². The molecule has 1 unspecified atom stereocenters. The molecule has 0 aliphatic carbocycles. The Bertz CT molecular complexity index is 386. The first-order valence-corrected chi connectivity index (χ1v) is 6.35. The molecule has 1 N–H and O–H groups in total. The summed E-state index contributed by atoms with van der Waals surface area (Å²) in [5.41, 5.74) is 0.589. The van der Waals surface area contributed by atoms with E-state index in [1.165, 1.54) is 0 Å². The van der Waals surface area contributed by atoms with Crippen LogP contribution in [0.5, 0.6) is 0 Å². The first-order chi connectivity index (χ1) is 7.22. The van der Waals surface area contributed by atoms with Gasteiger partial charge in [-0.3, -0.25) is 4.21 Å². The van der Waals surface area contributed by atoms with Crippen molar-refractivity contribution >= 4 is 16.6 Å². The zero-order valence-corrected chi connectivity index (χ0v) is 9.38. The van der Waals surface area contributed by atoms with Gasteiger partial charge in [0.25, 0.3) is 0 Å². The van der Waals surface area contributed by atoms with Crippen molar-refractivity contribution in [1.29, 1.82) is 5.26 Å². The van der Waals surface area contributed by atoms with Gasteiger partial charge in [-0.05, 0) is 18.6 Å². The second kappa shape index (κ2) is 6.14. The lowest BCUT2D eigenvalue weighted by molar-refractivity contribution is 0.685. The molecule has 1 aromatic heterocycles. The summed E-state index contributed by atoms with van der Waals surface area (Å²) < 4.78 is 10.8. The van der Waals surface area contributed by atoms with Crippen LogP contribution in [0.25, 0.3) is 0 Å². The van der Waals surface area contributed by atoms with Crippen LogP contribution in [-0.2, 0) is 10.8 Å². The molecule has 5 heteroatoms. The Morgan fingerprint density at radius 3 is 3.13 bits per heavy atom. The van der Waals surface area contributed by atoms with Gasteiger partial charge in [0.1, 0.15) is 5.82 Å². The van der Waals surface area contributed by atoms with Crippen molar-refractivity contribution in [3.63, 3.8) is 0 Å². The van der Waals surface area contributed by atoms with Gasteiger partial charge >= 0.3 is 0 Å². The zero-order valence-electron chi connectivity index (χ0n) is 8.56. The van der Waals surface area contributed by atoms with Gasteiger partial charge in [-0.1, -0.05) is 0 Å². The van der Waals surface area contributed by atoms with Gasteiger partial charge < -0.3 is 5.32 Å². The summed E-state index contributed by atoms with van der Waals surface area (Å²) in [4.78, 5) is 4.07. The molecular weight excluding hydrogens is 210 g/mol. The van der Waals surface area contributed by atoms with Crippen molar-refractivity contribution in [2.75, 3.05) is 23.9 Å². The van der Waals surface area contributed by atoms with Gasteiger partial charge in [0, 0.05) is 35.5 Å². The molecule has 1 atom stereocenters. The van der Waals surface area contributed by atoms with Crippen LogP contribution in [-0.4, -0.2) is 27.7 Å². The highest BCUT2D eigenvalue weighted by Crippen LogP contribution is 2.05. The lowest BCUT2D eigenvalue weighted by Crippen LogP contribution is -2.07. The molecule has 0 radical (unpaired) electrons. The smallest absolute Gasteiger partial charge is 0.127 e. The molecule has 0 aromatic carbocycles. The molecule has 80 valence electrons. The van der Waals surface area contributed by atoms with Crippen molar-refractivity contribution in [2.45, 2.75) is 6.42 Å². The maximum atomic E-state index is 10.8. The molecule has 1 aromatic rings. The van der Waals surface area contributed by atoms with Gasteiger partial charge in [-0.2, -0.15) is 5.26 Å². The standard InChI is InChI=1S/C10H13N3OS/c1-15(14)6-2-4-12-10-7-9(8-11)3-5-13-10/h3,5,7H,2,4,6H2,1H3,(H,12,13). The summed E-state index contributed by atoms with van der Waals surface area (Å²) in [6.45, 7) is 0.724. The minimum Gasteiger partial charge on any atom is -0.370 e. The molecule has 0 amide bonds. The largest absolute Gasteiger partial charge is 0.370 e. The van der Waals surface area contributed by atoms with Gasteiger partial charge in [0.2, 0.25) is 0 Å². The van der Waals surface area contributed by atoms with E-state index >= 15 is 0 Å². The van der Waals surface area contributed by atoms with Crippen LogP contribution in [0.2, 0.25) is 0 Å². The van der Waals surface area contributed by atoms with E-state index in [0.29, 0.717) is 17.1 Å². The van der Waals surface area contributed by atoms with Crippen LogP contribution in [0.15, 0.2) is 18.3 Å². The predicted molar refractivity (Wildman–Crippen MR) is 61.0 cm³/mol. The minimum absolute atomic E-state index is 0.589. The fourth-order valence-electron chi connectivity index (χ4n) is 1.09. The molecule has 1 rings (SSSR count). The average Bonchev–Trinajstić information content (AvgIpc) is 2.24. The maximum absolute atomic E-state index is 10.8. The Morgan fingerprint density at radius 1 is 1.67 bits per heavy atom. The van der Waals surface area contributed by atoms with Gasteiger partial charge in [-0.15, -0.1) is 0 Å². The third kappa shape index (κ3) is 4.56. The summed E-state index contributed by atoms with van der Waals surface area (Å²) >= 11 is 0. The van der Waals surface area contributed by atoms with Crippen LogP contribution in [0.3, 0.4) is 0 Å². The van der Waals surface area contributed by atoms with Crippen LogP contribution < -0.4 is 5.32 Å². The Kier molecular flexibility index (Phi) is 4.78. The molecule has 0 saturated carbocycles. The second-order valence-electron chi connectivity index (χ2n) is 3.10. The SMILES string of the molecule is CS(=O)CCCNc1cc(C#N)ccn1. The third-order valence-corrected chi connectivity index (χ3v) is 2.67. The molecule has 0 spiro atoms. The summed E-state index contributed by atoms with van der Waals surface area (Å²) in [5.74, 6) is 1.38. The Balaban J connectivity index is 2.38. The molecule has 1 heterocycles. The number of anilines is 1. The van der Waals surface area contributed by atoms with Crippen molar-refractivity contribution < 1.29 is 4.21 Å². The van der Waals surface area contributed by atoms with Crippen molar-refractivity contribution in [2.24, 2.45) is 0 Å². The Morgan fingerprint density at radius 2 is 2.47 bits per heavy atom. The fourth-order valence-corrected chi connectivity index (χ4v) is 1.64. The van der Waals surface area contributed by atoms with Gasteiger partial charge in [0.15, 0.2) is 0 Å². The number of hydrogen-bond donors (Lipinski definition) is 1. The number of nitrogens with zero attached hydrogens (tertiary/aromatic N) is 2. The van der Waals surface area contributed by atoms with Crippen molar-refractivity contribution in [3.05, 3.63) is 23.9 Å². The van der Waals surface area contributed by atoms with Crippen LogP contribution in [0, 0.1) is 11.3 Å². The van der Waals surface area contributed by atoms with E-state index < -0.39 is 10.8 Å². The Labute approximate surface area is 91.8 Å². The highest BCUT2D eigenvalue weighted by atomic mass is 32.2. The lowest BCUT2D eigenvalue weighted by Gasteiger charge is -2.04. The van der Waals surface area contributed by atoms with Crippen molar-refractivity contribution in [3.8, 4) is 6.07 Å². The van der Waals surface area contributed by atoms with E-state index in [0.717, 1.165) is 13.0 Å². The Hall–Kier alpha value is -1.41. The summed E-state index contributed by atoms with van der Waals surface area (Å²) in [7, 11) is -0.742. The molecule has 0 fully saturated rings.